The number of anilines is 1. The number of aliphatic hydroxyl groups excluding tert-OH is 1. The smallest absolute Gasteiger partial charge is 0.243 e. The molecule has 1 rings (SSSR count). The van der Waals surface area contributed by atoms with E-state index in [2.05, 4.69) is 36.6 Å². The molecule has 0 fully saturated rings. The summed E-state index contributed by atoms with van der Waals surface area (Å²) in [6.07, 6.45) is 1.13. The molecule has 0 aromatic heterocycles. The lowest BCUT2D eigenvalue weighted by atomic mass is 10.3. The summed E-state index contributed by atoms with van der Waals surface area (Å²) in [4.78, 5) is 0.0368. The van der Waals surface area contributed by atoms with E-state index in [0.717, 1.165) is 0 Å². The summed E-state index contributed by atoms with van der Waals surface area (Å²) in [6.45, 7) is 0.316. The van der Waals surface area contributed by atoms with Crippen molar-refractivity contribution in [1.82, 2.24) is 4.72 Å². The van der Waals surface area contributed by atoms with Crippen molar-refractivity contribution >= 4 is 47.6 Å². The Hall–Kier alpha value is -0.150. The van der Waals surface area contributed by atoms with Crippen LogP contribution in [0.5, 0.6) is 0 Å². The average Bonchev–Trinajstić information content (AvgIpc) is 2.22. The van der Waals surface area contributed by atoms with Crippen molar-refractivity contribution in [1.29, 1.82) is 0 Å². The number of rotatable bonds is 6. The van der Waals surface area contributed by atoms with Gasteiger partial charge in [0.2, 0.25) is 10.0 Å². The third-order valence-corrected chi connectivity index (χ3v) is 5.11. The highest BCUT2D eigenvalue weighted by molar-refractivity contribution is 9.11. The number of sulfonamides is 1. The van der Waals surface area contributed by atoms with Crippen molar-refractivity contribution in [3.63, 3.8) is 0 Å². The second-order valence-electron chi connectivity index (χ2n) is 3.63. The van der Waals surface area contributed by atoms with E-state index in [0.29, 0.717) is 21.8 Å². The van der Waals surface area contributed by atoms with E-state index in [1.54, 1.807) is 6.07 Å². The van der Waals surface area contributed by atoms with E-state index in [1.807, 2.05) is 0 Å². The van der Waals surface area contributed by atoms with Gasteiger partial charge in [-0.1, -0.05) is 15.9 Å². The molecule has 0 unspecified atom stereocenters. The minimum atomic E-state index is -3.64. The van der Waals surface area contributed by atoms with E-state index in [-0.39, 0.29) is 23.7 Å². The zero-order chi connectivity index (χ0) is 13.8. The molecule has 5 nitrogen and oxygen atoms in total. The molecule has 0 aliphatic heterocycles. The lowest BCUT2D eigenvalue weighted by Gasteiger charge is -2.11. The van der Waals surface area contributed by atoms with E-state index < -0.39 is 10.0 Å². The number of unbranched alkanes of at least 4 members (excludes halogenated alkanes) is 1. The van der Waals surface area contributed by atoms with E-state index in [1.165, 1.54) is 6.07 Å². The summed E-state index contributed by atoms with van der Waals surface area (Å²) >= 11 is 6.42. The summed E-state index contributed by atoms with van der Waals surface area (Å²) in [7, 11) is -3.64. The number of aliphatic hydroxyl groups is 1. The molecule has 1 aromatic carbocycles. The summed E-state index contributed by atoms with van der Waals surface area (Å²) in [5, 5.41) is 8.62. The molecule has 0 amide bonds. The first-order valence-electron chi connectivity index (χ1n) is 5.23. The third-order valence-electron chi connectivity index (χ3n) is 2.18. The fourth-order valence-electron chi connectivity index (χ4n) is 1.38. The number of nitrogens with two attached hydrogens (primary N) is 1. The predicted octanol–water partition coefficient (Wildman–Crippen LogP) is 1.84. The fraction of sp³-hybridized carbons (Fsp3) is 0.400. The molecule has 0 saturated carbocycles. The van der Waals surface area contributed by atoms with Gasteiger partial charge < -0.3 is 10.8 Å². The Morgan fingerprint density at radius 2 is 1.94 bits per heavy atom. The second-order valence-corrected chi connectivity index (χ2v) is 7.11. The van der Waals surface area contributed by atoms with Crippen LogP contribution in [0.25, 0.3) is 0 Å². The van der Waals surface area contributed by atoms with Crippen LogP contribution in [0.3, 0.4) is 0 Å². The molecule has 0 spiro atoms. The number of halogens is 2. The van der Waals surface area contributed by atoms with Gasteiger partial charge in [-0.2, -0.15) is 0 Å². The quantitative estimate of drug-likeness (QED) is 0.500. The normalized spacial score (nSPS) is 11.7. The van der Waals surface area contributed by atoms with Crippen LogP contribution in [-0.4, -0.2) is 26.7 Å². The zero-order valence-electron chi connectivity index (χ0n) is 9.49. The molecule has 0 aliphatic carbocycles. The number of nitrogens with one attached hydrogen (secondary N) is 1. The maximum atomic E-state index is 12.0. The van der Waals surface area contributed by atoms with Crippen LogP contribution in [0, 0.1) is 0 Å². The van der Waals surface area contributed by atoms with Crippen LogP contribution in [0.2, 0.25) is 0 Å². The van der Waals surface area contributed by atoms with Crippen LogP contribution in [0.4, 0.5) is 5.69 Å². The van der Waals surface area contributed by atoms with Gasteiger partial charge in [-0.05, 0) is 40.9 Å². The Morgan fingerprint density at radius 3 is 2.50 bits per heavy atom. The highest BCUT2D eigenvalue weighted by Gasteiger charge is 2.20. The van der Waals surface area contributed by atoms with E-state index in [4.69, 9.17) is 10.8 Å². The summed E-state index contributed by atoms with van der Waals surface area (Å²) in [5.41, 5.74) is 5.89. The van der Waals surface area contributed by atoms with Gasteiger partial charge in [0.05, 0.1) is 5.69 Å². The van der Waals surface area contributed by atoms with Gasteiger partial charge in [-0.25, -0.2) is 13.1 Å². The molecule has 1 aromatic rings. The molecule has 8 heteroatoms. The molecule has 18 heavy (non-hydrogen) atoms. The summed E-state index contributed by atoms with van der Waals surface area (Å²) in [5.74, 6) is 0. The van der Waals surface area contributed by atoms with Crippen LogP contribution < -0.4 is 10.5 Å². The van der Waals surface area contributed by atoms with Crippen LogP contribution in [0.1, 0.15) is 12.8 Å². The van der Waals surface area contributed by atoms with Crippen LogP contribution in [0.15, 0.2) is 26.0 Å². The Morgan fingerprint density at radius 1 is 1.28 bits per heavy atom. The molecule has 0 saturated heterocycles. The first-order chi connectivity index (χ1) is 8.38. The highest BCUT2D eigenvalue weighted by Crippen LogP contribution is 2.31. The van der Waals surface area contributed by atoms with Gasteiger partial charge >= 0.3 is 0 Å². The van der Waals surface area contributed by atoms with Crippen molar-refractivity contribution in [2.45, 2.75) is 17.7 Å². The molecular formula is C10H14Br2N2O3S. The van der Waals surface area contributed by atoms with Crippen molar-refractivity contribution in [3.05, 3.63) is 21.1 Å². The van der Waals surface area contributed by atoms with Crippen molar-refractivity contribution in [2.75, 3.05) is 18.9 Å². The standard InChI is InChI=1S/C10H14Br2N2O3S/c11-7-5-8(12)10(9(13)6-7)18(16,17)14-3-1-2-4-15/h5-6,14-15H,1-4,13H2. The summed E-state index contributed by atoms with van der Waals surface area (Å²) in [6, 6.07) is 3.16. The minimum Gasteiger partial charge on any atom is -0.398 e. The third kappa shape index (κ3) is 4.20. The van der Waals surface area contributed by atoms with Crippen molar-refractivity contribution in [2.24, 2.45) is 0 Å². The van der Waals surface area contributed by atoms with Gasteiger partial charge in [0, 0.05) is 22.1 Å². The van der Waals surface area contributed by atoms with Crippen molar-refractivity contribution in [3.8, 4) is 0 Å². The SMILES string of the molecule is Nc1cc(Br)cc(Br)c1S(=O)(=O)NCCCCO. The lowest BCUT2D eigenvalue weighted by molar-refractivity contribution is 0.285. The second kappa shape index (κ2) is 6.85. The molecule has 0 radical (unpaired) electrons. The maximum absolute atomic E-state index is 12.0. The van der Waals surface area contributed by atoms with Gasteiger partial charge in [0.25, 0.3) is 0 Å². The van der Waals surface area contributed by atoms with Gasteiger partial charge in [0.15, 0.2) is 0 Å². The molecule has 4 N–H and O–H groups in total. The van der Waals surface area contributed by atoms with Gasteiger partial charge in [-0.3, -0.25) is 0 Å². The first kappa shape index (κ1) is 15.9. The van der Waals surface area contributed by atoms with Crippen LogP contribution in [-0.2, 0) is 10.0 Å². The highest BCUT2D eigenvalue weighted by atomic mass is 79.9. The minimum absolute atomic E-state index is 0.0368. The number of nitrogen functional groups attached to an aromatic ring is 1. The number of benzene rings is 1. The molecular weight excluding hydrogens is 388 g/mol. The van der Waals surface area contributed by atoms with Crippen LogP contribution >= 0.6 is 31.9 Å². The van der Waals surface area contributed by atoms with Crippen molar-refractivity contribution < 1.29 is 13.5 Å². The van der Waals surface area contributed by atoms with E-state index >= 15 is 0 Å². The Labute approximate surface area is 123 Å². The first-order valence-corrected chi connectivity index (χ1v) is 8.30. The topological polar surface area (TPSA) is 92.4 Å². The molecule has 0 bridgehead atoms. The Bertz CT molecular complexity index is 497. The lowest BCUT2D eigenvalue weighted by Crippen LogP contribution is -2.26. The largest absolute Gasteiger partial charge is 0.398 e. The predicted molar refractivity (Wildman–Crippen MR) is 77.8 cm³/mol. The monoisotopic (exact) mass is 400 g/mol. The van der Waals surface area contributed by atoms with E-state index in [9.17, 15) is 8.42 Å². The Balaban J connectivity index is 2.92. The maximum Gasteiger partial charge on any atom is 0.243 e. The zero-order valence-corrected chi connectivity index (χ0v) is 13.5. The molecule has 102 valence electrons. The number of hydrogen-bond donors (Lipinski definition) is 3. The van der Waals surface area contributed by atoms with Gasteiger partial charge in [-0.15, -0.1) is 0 Å². The number of hydrogen-bond acceptors (Lipinski definition) is 4. The average molecular weight is 402 g/mol. The van der Waals surface area contributed by atoms with Gasteiger partial charge in [0.1, 0.15) is 4.90 Å². The molecule has 0 aliphatic rings. The Kier molecular flexibility index (Phi) is 6.06. The summed E-state index contributed by atoms with van der Waals surface area (Å²) < 4.78 is 27.7. The molecule has 0 heterocycles. The fourth-order valence-corrected chi connectivity index (χ4v) is 4.52. The molecule has 0 atom stereocenters.